The van der Waals surface area contributed by atoms with Gasteiger partial charge in [0.05, 0.1) is 14.2 Å². The van der Waals surface area contributed by atoms with Gasteiger partial charge >= 0.3 is 0 Å². The van der Waals surface area contributed by atoms with E-state index in [0.29, 0.717) is 0 Å². The molecule has 1 aromatic rings. The lowest BCUT2D eigenvalue weighted by atomic mass is 10.0. The normalized spacial score (nSPS) is 11.2. The standard InChI is InChI=1S/C11H15IO2/c1-11(2,12)8-5-6-9(13-3)10(7-8)14-4/h5-7H,1-4H3. The van der Waals surface area contributed by atoms with Crippen LogP contribution in [0.5, 0.6) is 11.5 Å². The Balaban J connectivity index is 3.14. The van der Waals surface area contributed by atoms with E-state index >= 15 is 0 Å². The van der Waals surface area contributed by atoms with Crippen LogP contribution < -0.4 is 9.47 Å². The van der Waals surface area contributed by atoms with Gasteiger partial charge in [0, 0.05) is 3.42 Å². The molecule has 1 aromatic carbocycles. The number of methoxy groups -OCH3 is 2. The molecule has 0 aromatic heterocycles. The lowest BCUT2D eigenvalue weighted by Gasteiger charge is -2.18. The fourth-order valence-corrected chi connectivity index (χ4v) is 1.54. The van der Waals surface area contributed by atoms with Crippen LogP contribution in [0, 0.1) is 0 Å². The smallest absolute Gasteiger partial charge is 0.161 e. The van der Waals surface area contributed by atoms with E-state index in [0.717, 1.165) is 11.5 Å². The van der Waals surface area contributed by atoms with E-state index < -0.39 is 0 Å². The van der Waals surface area contributed by atoms with Crippen LogP contribution in [-0.4, -0.2) is 14.2 Å². The first-order valence-corrected chi connectivity index (χ1v) is 5.48. The number of hydrogen-bond donors (Lipinski definition) is 0. The quantitative estimate of drug-likeness (QED) is 0.629. The van der Waals surface area contributed by atoms with Crippen molar-refractivity contribution in [3.63, 3.8) is 0 Å². The van der Waals surface area contributed by atoms with Crippen molar-refractivity contribution in [2.24, 2.45) is 0 Å². The third-order valence-electron chi connectivity index (χ3n) is 2.07. The maximum absolute atomic E-state index is 5.24. The van der Waals surface area contributed by atoms with Gasteiger partial charge in [0.2, 0.25) is 0 Å². The Morgan fingerprint density at radius 2 is 1.64 bits per heavy atom. The van der Waals surface area contributed by atoms with E-state index in [2.05, 4.69) is 42.5 Å². The average Bonchev–Trinajstić information content (AvgIpc) is 2.15. The molecule has 0 bridgehead atoms. The topological polar surface area (TPSA) is 18.5 Å². The number of alkyl halides is 1. The highest BCUT2D eigenvalue weighted by Crippen LogP contribution is 2.36. The Morgan fingerprint density at radius 3 is 2.07 bits per heavy atom. The van der Waals surface area contributed by atoms with Crippen LogP contribution in [0.4, 0.5) is 0 Å². The molecule has 14 heavy (non-hydrogen) atoms. The molecule has 0 unspecified atom stereocenters. The molecule has 0 aliphatic heterocycles. The van der Waals surface area contributed by atoms with Crippen LogP contribution in [0.2, 0.25) is 0 Å². The Kier molecular flexibility index (Phi) is 3.64. The molecule has 0 fully saturated rings. The summed E-state index contributed by atoms with van der Waals surface area (Å²) in [6.07, 6.45) is 0. The molecule has 2 nitrogen and oxygen atoms in total. The van der Waals surface area contributed by atoms with Gasteiger partial charge in [-0.15, -0.1) is 0 Å². The molecule has 0 aliphatic carbocycles. The largest absolute Gasteiger partial charge is 0.493 e. The molecule has 0 N–H and O–H groups in total. The van der Waals surface area contributed by atoms with Crippen LogP contribution in [0.15, 0.2) is 18.2 Å². The van der Waals surface area contributed by atoms with Crippen LogP contribution in [0.3, 0.4) is 0 Å². The molecule has 0 spiro atoms. The zero-order chi connectivity index (χ0) is 10.8. The molecule has 78 valence electrons. The van der Waals surface area contributed by atoms with E-state index in [4.69, 9.17) is 9.47 Å². The van der Waals surface area contributed by atoms with Gasteiger partial charge in [-0.1, -0.05) is 28.7 Å². The summed E-state index contributed by atoms with van der Waals surface area (Å²) in [5, 5.41) is 0. The summed E-state index contributed by atoms with van der Waals surface area (Å²) in [4.78, 5) is 0. The Bertz CT molecular complexity index is 316. The number of halogens is 1. The predicted octanol–water partition coefficient (Wildman–Crippen LogP) is 3.37. The van der Waals surface area contributed by atoms with Gasteiger partial charge in [0.1, 0.15) is 0 Å². The van der Waals surface area contributed by atoms with E-state index in [1.165, 1.54) is 5.56 Å². The SMILES string of the molecule is COc1ccc(C(C)(C)I)cc1OC. The summed E-state index contributed by atoms with van der Waals surface area (Å²) >= 11 is 2.40. The lowest BCUT2D eigenvalue weighted by molar-refractivity contribution is 0.354. The molecule has 0 saturated carbocycles. The second-order valence-corrected chi connectivity index (χ2v) is 6.24. The Morgan fingerprint density at radius 1 is 1.07 bits per heavy atom. The average molecular weight is 306 g/mol. The highest BCUT2D eigenvalue weighted by atomic mass is 127. The molecule has 3 heteroatoms. The van der Waals surface area contributed by atoms with E-state index in [9.17, 15) is 0 Å². The Hall–Kier alpha value is -0.450. The van der Waals surface area contributed by atoms with Gasteiger partial charge in [-0.05, 0) is 31.5 Å². The van der Waals surface area contributed by atoms with Crippen LogP contribution in [0.1, 0.15) is 19.4 Å². The first-order valence-electron chi connectivity index (χ1n) is 4.40. The van der Waals surface area contributed by atoms with Crippen LogP contribution in [0.25, 0.3) is 0 Å². The van der Waals surface area contributed by atoms with Gasteiger partial charge in [0.15, 0.2) is 11.5 Å². The number of benzene rings is 1. The highest BCUT2D eigenvalue weighted by molar-refractivity contribution is 14.1. The van der Waals surface area contributed by atoms with Crippen molar-refractivity contribution in [1.82, 2.24) is 0 Å². The van der Waals surface area contributed by atoms with E-state index in [1.54, 1.807) is 14.2 Å². The number of rotatable bonds is 3. The minimum atomic E-state index is 0.108. The third-order valence-corrected chi connectivity index (χ3v) is 2.69. The van der Waals surface area contributed by atoms with Gasteiger partial charge in [-0.3, -0.25) is 0 Å². The minimum Gasteiger partial charge on any atom is -0.493 e. The Labute approximate surface area is 98.7 Å². The zero-order valence-corrected chi connectivity index (χ0v) is 11.1. The summed E-state index contributed by atoms with van der Waals surface area (Å²) in [6.45, 7) is 4.32. The van der Waals surface area contributed by atoms with Gasteiger partial charge in [-0.25, -0.2) is 0 Å². The molecule has 0 heterocycles. The van der Waals surface area contributed by atoms with Crippen LogP contribution in [-0.2, 0) is 3.42 Å². The third kappa shape index (κ3) is 2.53. The summed E-state index contributed by atoms with van der Waals surface area (Å²) in [7, 11) is 3.30. The highest BCUT2D eigenvalue weighted by Gasteiger charge is 2.17. The fraction of sp³-hybridized carbons (Fsp3) is 0.455. The van der Waals surface area contributed by atoms with Gasteiger partial charge < -0.3 is 9.47 Å². The molecule has 0 amide bonds. The molecule has 0 saturated heterocycles. The van der Waals surface area contributed by atoms with Crippen molar-refractivity contribution in [3.8, 4) is 11.5 Å². The first kappa shape index (κ1) is 11.6. The van der Waals surface area contributed by atoms with E-state index in [-0.39, 0.29) is 3.42 Å². The van der Waals surface area contributed by atoms with Crippen LogP contribution >= 0.6 is 22.6 Å². The van der Waals surface area contributed by atoms with E-state index in [1.807, 2.05) is 12.1 Å². The molecular weight excluding hydrogens is 291 g/mol. The molecule has 0 atom stereocenters. The van der Waals surface area contributed by atoms with Crippen molar-refractivity contribution < 1.29 is 9.47 Å². The second kappa shape index (κ2) is 4.38. The van der Waals surface area contributed by atoms with Crippen molar-refractivity contribution in [2.45, 2.75) is 17.3 Å². The van der Waals surface area contributed by atoms with Crippen molar-refractivity contribution in [1.29, 1.82) is 0 Å². The fourth-order valence-electron chi connectivity index (χ4n) is 1.21. The van der Waals surface area contributed by atoms with Crippen molar-refractivity contribution >= 4 is 22.6 Å². The summed E-state index contributed by atoms with van der Waals surface area (Å²) in [5.41, 5.74) is 1.23. The zero-order valence-electron chi connectivity index (χ0n) is 8.93. The lowest BCUT2D eigenvalue weighted by Crippen LogP contribution is -2.06. The molecule has 1 rings (SSSR count). The molecular formula is C11H15IO2. The first-order chi connectivity index (χ1) is 6.49. The van der Waals surface area contributed by atoms with Crippen molar-refractivity contribution in [3.05, 3.63) is 23.8 Å². The summed E-state index contributed by atoms with van der Waals surface area (Å²) in [5.74, 6) is 1.56. The summed E-state index contributed by atoms with van der Waals surface area (Å²) in [6, 6.07) is 6.02. The monoisotopic (exact) mass is 306 g/mol. The number of hydrogen-bond acceptors (Lipinski definition) is 2. The molecule has 0 aliphatic rings. The summed E-state index contributed by atoms with van der Waals surface area (Å²) < 4.78 is 10.5. The number of ether oxygens (including phenoxy) is 2. The minimum absolute atomic E-state index is 0.108. The maximum Gasteiger partial charge on any atom is 0.161 e. The van der Waals surface area contributed by atoms with Gasteiger partial charge in [0.25, 0.3) is 0 Å². The van der Waals surface area contributed by atoms with Gasteiger partial charge in [-0.2, -0.15) is 0 Å². The second-order valence-electron chi connectivity index (χ2n) is 3.54. The maximum atomic E-state index is 5.24. The van der Waals surface area contributed by atoms with Crippen molar-refractivity contribution in [2.75, 3.05) is 14.2 Å². The predicted molar refractivity (Wildman–Crippen MR) is 66.6 cm³/mol. The molecule has 0 radical (unpaired) electrons.